The van der Waals surface area contributed by atoms with E-state index in [1.54, 1.807) is 43.5 Å². The van der Waals surface area contributed by atoms with Crippen molar-refractivity contribution in [2.45, 2.75) is 150 Å². The Balaban J connectivity index is 0.000000297. The van der Waals surface area contributed by atoms with E-state index in [0.29, 0.717) is 64.0 Å². The van der Waals surface area contributed by atoms with Crippen molar-refractivity contribution in [1.29, 1.82) is 0 Å². The van der Waals surface area contributed by atoms with Crippen molar-refractivity contribution < 1.29 is 32.3 Å². The van der Waals surface area contributed by atoms with Gasteiger partial charge >= 0.3 is 0 Å². The largest absolute Gasteiger partial charge is 0.497 e. The van der Waals surface area contributed by atoms with Crippen LogP contribution in [0.1, 0.15) is 111 Å². The van der Waals surface area contributed by atoms with Crippen LogP contribution in [0.3, 0.4) is 0 Å². The van der Waals surface area contributed by atoms with Crippen LogP contribution >= 0.6 is 23.2 Å². The second kappa shape index (κ2) is 26.6. The first-order valence-electron chi connectivity index (χ1n) is 26.0. The number of carbonyl (C=O) groups excluding carboxylic acids is 2. The number of hydrazine groups is 1. The maximum atomic E-state index is 13.6. The number of nitrogens with one attached hydrogen (secondary N) is 2. The van der Waals surface area contributed by atoms with E-state index in [2.05, 4.69) is 105 Å². The summed E-state index contributed by atoms with van der Waals surface area (Å²) in [6.07, 6.45) is 0.344. The number of aromatic nitrogens is 2. The molecule has 4 atom stereocenters. The Labute approximate surface area is 474 Å². The van der Waals surface area contributed by atoms with E-state index in [4.69, 9.17) is 59.1 Å². The molecule has 0 aliphatic carbocycles. The fourth-order valence-electron chi connectivity index (χ4n) is 7.95. The molecule has 13 nitrogen and oxygen atoms in total. The van der Waals surface area contributed by atoms with Gasteiger partial charge in [-0.1, -0.05) is 119 Å². The van der Waals surface area contributed by atoms with Crippen LogP contribution in [0, 0.1) is 39.8 Å². The molecule has 1 heterocycles. The minimum absolute atomic E-state index is 0.0580. The smallest absolute Gasteiger partial charge is 0.269 e. The fraction of sp³-hybridized carbons (Fsp3) is 0.410. The number of hydrogen-bond donors (Lipinski definition) is 2. The van der Waals surface area contributed by atoms with Gasteiger partial charge in [-0.15, -0.1) is 10.2 Å². The van der Waals surface area contributed by atoms with E-state index in [9.17, 15) is 9.59 Å². The summed E-state index contributed by atoms with van der Waals surface area (Å²) in [7, 11) is -2.64. The molecule has 414 valence electrons. The summed E-state index contributed by atoms with van der Waals surface area (Å²) in [5, 5.41) is 9.68. The summed E-state index contributed by atoms with van der Waals surface area (Å²) < 4.78 is 30.6. The van der Waals surface area contributed by atoms with Crippen molar-refractivity contribution in [3.05, 3.63) is 175 Å². The number of carbonyl (C=O) groups is 2. The number of hydrogen-bond acceptors (Lipinski definition) is 9. The summed E-state index contributed by atoms with van der Waals surface area (Å²) in [6.45, 7) is 46.8. The van der Waals surface area contributed by atoms with Gasteiger partial charge in [0.25, 0.3) is 5.91 Å². The van der Waals surface area contributed by atoms with Gasteiger partial charge in [0.1, 0.15) is 18.1 Å². The zero-order valence-electron chi connectivity index (χ0n) is 48.1. The molecule has 6 aromatic rings. The molecule has 0 bridgehead atoms. The molecule has 0 aliphatic heterocycles. The lowest BCUT2D eigenvalue weighted by atomic mass is 9.91. The van der Waals surface area contributed by atoms with E-state index in [1.807, 2.05) is 88.4 Å². The first-order chi connectivity index (χ1) is 36.5. The molecular weight excluding hydrogens is 1060 g/mol. The van der Waals surface area contributed by atoms with Crippen LogP contribution in [-0.2, 0) is 33.1 Å². The number of methoxy groups -OCH3 is 1. The Bertz CT molecular complexity index is 3100. The van der Waals surface area contributed by atoms with Gasteiger partial charge < -0.3 is 22.7 Å². The van der Waals surface area contributed by atoms with Gasteiger partial charge in [0.15, 0.2) is 16.6 Å². The van der Waals surface area contributed by atoms with Crippen LogP contribution in [0.4, 0.5) is 11.4 Å². The normalized spacial score (nSPS) is 13.4. The predicted octanol–water partition coefficient (Wildman–Crippen LogP) is 16.1. The third kappa shape index (κ3) is 16.2. The number of halogens is 2. The highest BCUT2D eigenvalue weighted by atomic mass is 35.5. The first kappa shape index (κ1) is 62.5. The third-order valence-electron chi connectivity index (χ3n) is 15.2. The SMILES string of the molecule is [C-]#[N+]c1ccc(C[C@@H](C(=O)NNC(=O)c2ccc(OCc3ccc(OC)cc3)cc2)[C@H](C)O[Si](C)(C)C(C)(C)C)c(C)c1Cl.[C-]#[N+]c1ccc(C[C@@H](c2nnc(-c3ccc(C)cc3)o2)[C@H](C)O[Si](C)(C)C(C)(C)C)c(C)c1Cl. The van der Waals surface area contributed by atoms with Crippen molar-refractivity contribution >= 4 is 63.0 Å². The monoisotopic (exact) mass is 1130 g/mol. The van der Waals surface area contributed by atoms with Crippen LogP contribution in [-0.4, -0.2) is 58.0 Å². The van der Waals surface area contributed by atoms with Crippen LogP contribution in [0.15, 0.2) is 101 Å². The first-order valence-corrected chi connectivity index (χ1v) is 32.6. The summed E-state index contributed by atoms with van der Waals surface area (Å²) in [6, 6.07) is 29.5. The van der Waals surface area contributed by atoms with Gasteiger partial charge in [-0.3, -0.25) is 20.4 Å². The van der Waals surface area contributed by atoms with Crippen molar-refractivity contribution in [1.82, 2.24) is 21.0 Å². The van der Waals surface area contributed by atoms with Gasteiger partial charge in [0.2, 0.25) is 29.1 Å². The molecular formula is C61H76Cl2N6O7Si2. The molecule has 1 aromatic heterocycles. The highest BCUT2D eigenvalue weighted by Crippen LogP contribution is 2.42. The Morgan fingerprint density at radius 1 is 0.667 bits per heavy atom. The molecule has 17 heteroatoms. The number of benzene rings is 5. The van der Waals surface area contributed by atoms with Crippen molar-refractivity contribution in [3.63, 3.8) is 0 Å². The molecule has 0 fully saturated rings. The van der Waals surface area contributed by atoms with Crippen molar-refractivity contribution in [2.75, 3.05) is 7.11 Å². The minimum Gasteiger partial charge on any atom is -0.497 e. The van der Waals surface area contributed by atoms with E-state index >= 15 is 0 Å². The second-order valence-corrected chi connectivity index (χ2v) is 33.1. The molecule has 78 heavy (non-hydrogen) atoms. The molecule has 6 rings (SSSR count). The maximum Gasteiger partial charge on any atom is 0.269 e. The molecule has 0 unspecified atom stereocenters. The lowest BCUT2D eigenvalue weighted by Crippen LogP contribution is -2.51. The summed E-state index contributed by atoms with van der Waals surface area (Å²) in [4.78, 5) is 33.5. The van der Waals surface area contributed by atoms with Crippen LogP contribution in [0.25, 0.3) is 21.1 Å². The van der Waals surface area contributed by atoms with E-state index in [-0.39, 0.29) is 28.0 Å². The van der Waals surface area contributed by atoms with Gasteiger partial charge in [-0.2, -0.15) is 0 Å². The predicted molar refractivity (Wildman–Crippen MR) is 318 cm³/mol. The zero-order valence-corrected chi connectivity index (χ0v) is 51.6. The average Bonchev–Trinajstić information content (AvgIpc) is 3.88. The highest BCUT2D eigenvalue weighted by Gasteiger charge is 2.42. The van der Waals surface area contributed by atoms with Gasteiger partial charge in [-0.05, 0) is 160 Å². The number of aryl methyl sites for hydroxylation is 1. The van der Waals surface area contributed by atoms with Crippen LogP contribution in [0.2, 0.25) is 46.3 Å². The Hall–Kier alpha value is -6.31. The number of rotatable bonds is 18. The number of amides is 2. The Morgan fingerprint density at radius 3 is 1.67 bits per heavy atom. The average molecular weight is 1130 g/mol. The van der Waals surface area contributed by atoms with Gasteiger partial charge in [-0.25, -0.2) is 9.69 Å². The molecule has 0 spiro atoms. The highest BCUT2D eigenvalue weighted by molar-refractivity contribution is 6.74. The summed E-state index contributed by atoms with van der Waals surface area (Å²) >= 11 is 12.9. The molecule has 2 amide bonds. The van der Waals surface area contributed by atoms with E-state index in [1.165, 1.54) is 5.56 Å². The minimum atomic E-state index is -2.22. The fourth-order valence-corrected chi connectivity index (χ4v) is 11.3. The summed E-state index contributed by atoms with van der Waals surface area (Å²) in [5.41, 5.74) is 12.9. The Morgan fingerprint density at radius 2 is 1.17 bits per heavy atom. The molecule has 5 aromatic carbocycles. The molecule has 0 radical (unpaired) electrons. The molecule has 0 saturated heterocycles. The standard InChI is InChI=1S/C34H42ClN3O5Si.C27H34ClN3O2Si/c1-22-26(14-19-30(36-6)31(22)35)20-29(23(2)43-44(8,9)34(3,4)5)33(40)38-37-32(39)25-12-17-28(18-13-25)42-21-24-10-15-27(41-7)16-11-24;1-17-10-12-20(13-11-17)25-30-31-26(32-25)22(19(3)33-34(8,9)27(4,5)6)16-21-14-15-23(29-7)24(28)18(21)2/h10-19,23,29H,20-21H2,1-5,7-9H3,(H,37,39)(H,38,40);10-15,19,22H,16H2,1-6,8-9H3/t23-,29+;19-,22+/m00/s1. The topological polar surface area (TPSA) is 143 Å². The lowest BCUT2D eigenvalue weighted by molar-refractivity contribution is -0.128. The third-order valence-corrected chi connectivity index (χ3v) is 25.3. The van der Waals surface area contributed by atoms with Crippen LogP contribution in [0.5, 0.6) is 11.5 Å². The summed E-state index contributed by atoms with van der Waals surface area (Å²) in [5.74, 6) is 0.794. The number of ether oxygens (including phenoxy) is 2. The van der Waals surface area contributed by atoms with E-state index in [0.717, 1.165) is 39.1 Å². The van der Waals surface area contributed by atoms with Crippen molar-refractivity contribution in [2.24, 2.45) is 5.92 Å². The molecule has 2 N–H and O–H groups in total. The van der Waals surface area contributed by atoms with Crippen LogP contribution < -0.4 is 20.3 Å². The maximum absolute atomic E-state index is 13.6. The van der Waals surface area contributed by atoms with Crippen molar-refractivity contribution in [3.8, 4) is 23.0 Å². The zero-order chi connectivity index (χ0) is 57.9. The second-order valence-electron chi connectivity index (χ2n) is 22.8. The van der Waals surface area contributed by atoms with E-state index < -0.39 is 34.6 Å². The lowest BCUT2D eigenvalue weighted by Gasteiger charge is -2.40. The number of nitrogens with zero attached hydrogens (tertiary/aromatic N) is 4. The quantitative estimate of drug-likeness (QED) is 0.0488. The van der Waals surface area contributed by atoms with Gasteiger partial charge in [0.05, 0.1) is 54.3 Å². The molecule has 0 aliphatic rings. The Kier molecular flexibility index (Phi) is 21.3. The molecule has 0 saturated carbocycles. The van der Waals surface area contributed by atoms with Gasteiger partial charge in [0, 0.05) is 11.1 Å².